The molecule has 0 N–H and O–H groups in total. The summed E-state index contributed by atoms with van der Waals surface area (Å²) in [4.78, 5) is 0. The van der Waals surface area contributed by atoms with E-state index in [0.717, 1.165) is 12.4 Å². The summed E-state index contributed by atoms with van der Waals surface area (Å²) in [5.41, 5.74) is 2.64. The maximum atomic E-state index is 6.11. The van der Waals surface area contributed by atoms with Gasteiger partial charge in [-0.05, 0) is 56.4 Å². The fourth-order valence-electron chi connectivity index (χ4n) is 2.90. The Labute approximate surface area is 123 Å². The molecule has 1 unspecified atom stereocenters. The highest BCUT2D eigenvalue weighted by molar-refractivity contribution is 5.43. The maximum absolute atomic E-state index is 6.11. The highest BCUT2D eigenvalue weighted by Gasteiger charge is 2.38. The number of ether oxygens (including phenoxy) is 2. The summed E-state index contributed by atoms with van der Waals surface area (Å²) in [6, 6.07) is 6.45. The summed E-state index contributed by atoms with van der Waals surface area (Å²) in [5.74, 6) is 1.37. The number of rotatable bonds is 2. The second-order valence-corrected chi connectivity index (χ2v) is 7.66. The molecular weight excluding hydrogens is 248 g/mol. The average molecular weight is 276 g/mol. The van der Waals surface area contributed by atoms with Gasteiger partial charge in [-0.3, -0.25) is 0 Å². The van der Waals surface area contributed by atoms with Crippen LogP contribution in [0.1, 0.15) is 65.5 Å². The minimum Gasteiger partial charge on any atom is -0.491 e. The normalized spacial score (nSPS) is 21.7. The number of hydrogen-bond acceptors (Lipinski definition) is 2. The molecule has 112 valence electrons. The second kappa shape index (κ2) is 5.07. The smallest absolute Gasteiger partial charge is 0.119 e. The van der Waals surface area contributed by atoms with E-state index in [4.69, 9.17) is 9.47 Å². The molecule has 0 amide bonds. The van der Waals surface area contributed by atoms with Gasteiger partial charge in [-0.1, -0.05) is 26.8 Å². The summed E-state index contributed by atoms with van der Waals surface area (Å²) in [7, 11) is 0. The van der Waals surface area contributed by atoms with Crippen molar-refractivity contribution in [3.8, 4) is 5.75 Å². The van der Waals surface area contributed by atoms with Crippen LogP contribution < -0.4 is 4.74 Å². The molecular formula is C18H28O2. The van der Waals surface area contributed by atoms with Crippen molar-refractivity contribution in [3.63, 3.8) is 0 Å². The van der Waals surface area contributed by atoms with Crippen LogP contribution in [-0.2, 0) is 10.3 Å². The van der Waals surface area contributed by atoms with Crippen LogP contribution in [0.5, 0.6) is 5.75 Å². The largest absolute Gasteiger partial charge is 0.491 e. The maximum Gasteiger partial charge on any atom is 0.119 e. The molecule has 1 aromatic rings. The highest BCUT2D eigenvalue weighted by Crippen LogP contribution is 2.46. The van der Waals surface area contributed by atoms with Gasteiger partial charge in [0.1, 0.15) is 5.75 Å². The van der Waals surface area contributed by atoms with Crippen molar-refractivity contribution in [2.24, 2.45) is 5.41 Å². The SMILES string of the molecule is CC(C)Oc1ccc2c(c1)C(C(C)(C)C)COC2(C)C. The molecule has 0 bridgehead atoms. The Kier molecular flexibility index (Phi) is 3.90. The number of fused-ring (bicyclic) bond motifs is 1. The van der Waals surface area contributed by atoms with Crippen molar-refractivity contribution in [3.05, 3.63) is 29.3 Å². The van der Waals surface area contributed by atoms with Crippen LogP contribution >= 0.6 is 0 Å². The van der Waals surface area contributed by atoms with Crippen LogP contribution in [0.4, 0.5) is 0 Å². The zero-order chi connectivity index (χ0) is 15.1. The average Bonchev–Trinajstić information content (AvgIpc) is 2.25. The van der Waals surface area contributed by atoms with E-state index in [1.54, 1.807) is 0 Å². The Morgan fingerprint density at radius 3 is 2.45 bits per heavy atom. The summed E-state index contributed by atoms with van der Waals surface area (Å²) in [6.45, 7) is 16.0. The third-order valence-corrected chi connectivity index (χ3v) is 4.08. The lowest BCUT2D eigenvalue weighted by atomic mass is 9.72. The van der Waals surface area contributed by atoms with Crippen molar-refractivity contribution >= 4 is 0 Å². The predicted molar refractivity (Wildman–Crippen MR) is 83.4 cm³/mol. The van der Waals surface area contributed by atoms with Crippen LogP contribution in [0.25, 0.3) is 0 Å². The summed E-state index contributed by atoms with van der Waals surface area (Å²) in [6.07, 6.45) is 0.203. The lowest BCUT2D eigenvalue weighted by molar-refractivity contribution is -0.0569. The molecule has 0 spiro atoms. The van der Waals surface area contributed by atoms with E-state index in [1.165, 1.54) is 11.1 Å². The van der Waals surface area contributed by atoms with Crippen LogP contribution in [0.15, 0.2) is 18.2 Å². The van der Waals surface area contributed by atoms with Gasteiger partial charge in [-0.15, -0.1) is 0 Å². The lowest BCUT2D eigenvalue weighted by Crippen LogP contribution is -2.36. The van der Waals surface area contributed by atoms with E-state index in [1.807, 2.05) is 0 Å². The number of hydrogen-bond donors (Lipinski definition) is 0. The van der Waals surface area contributed by atoms with Crippen LogP contribution in [0.3, 0.4) is 0 Å². The van der Waals surface area contributed by atoms with Gasteiger partial charge < -0.3 is 9.47 Å². The van der Waals surface area contributed by atoms with Gasteiger partial charge >= 0.3 is 0 Å². The molecule has 1 heterocycles. The molecule has 0 saturated carbocycles. The number of benzene rings is 1. The molecule has 20 heavy (non-hydrogen) atoms. The van der Waals surface area contributed by atoms with E-state index < -0.39 is 0 Å². The minimum absolute atomic E-state index is 0.182. The molecule has 1 aromatic carbocycles. The fourth-order valence-corrected chi connectivity index (χ4v) is 2.90. The topological polar surface area (TPSA) is 18.5 Å². The van der Waals surface area contributed by atoms with Crippen molar-refractivity contribution < 1.29 is 9.47 Å². The summed E-state index contributed by atoms with van der Waals surface area (Å²) < 4.78 is 12.0. The van der Waals surface area contributed by atoms with E-state index in [9.17, 15) is 0 Å². The first kappa shape index (κ1) is 15.4. The van der Waals surface area contributed by atoms with E-state index in [2.05, 4.69) is 66.7 Å². The van der Waals surface area contributed by atoms with Gasteiger partial charge in [-0.2, -0.15) is 0 Å². The predicted octanol–water partition coefficient (Wildman–Crippen LogP) is 4.87. The fraction of sp³-hybridized carbons (Fsp3) is 0.667. The Bertz CT molecular complexity index is 481. The van der Waals surface area contributed by atoms with Crippen molar-refractivity contribution in [2.75, 3.05) is 6.61 Å². The zero-order valence-electron chi connectivity index (χ0n) is 13.9. The molecule has 0 aromatic heterocycles. The van der Waals surface area contributed by atoms with Crippen molar-refractivity contribution in [2.45, 2.75) is 66.1 Å². The molecule has 1 aliphatic rings. The van der Waals surface area contributed by atoms with Gasteiger partial charge in [0.25, 0.3) is 0 Å². The van der Waals surface area contributed by atoms with E-state index in [-0.39, 0.29) is 17.1 Å². The standard InChI is InChI=1S/C18H28O2/c1-12(2)20-13-8-9-15-14(10-13)16(17(3,4)5)11-19-18(15,6)7/h8-10,12,16H,11H2,1-7H3. The first-order valence-corrected chi connectivity index (χ1v) is 7.56. The first-order valence-electron chi connectivity index (χ1n) is 7.56. The Hall–Kier alpha value is -1.02. The quantitative estimate of drug-likeness (QED) is 0.767. The Balaban J connectivity index is 2.49. The molecule has 0 radical (unpaired) electrons. The molecule has 1 aliphatic heterocycles. The minimum atomic E-state index is -0.215. The molecule has 0 aliphatic carbocycles. The third-order valence-electron chi connectivity index (χ3n) is 4.08. The molecule has 0 saturated heterocycles. The Morgan fingerprint density at radius 1 is 1.25 bits per heavy atom. The van der Waals surface area contributed by atoms with Gasteiger partial charge in [0.15, 0.2) is 0 Å². The van der Waals surface area contributed by atoms with Crippen LogP contribution in [-0.4, -0.2) is 12.7 Å². The van der Waals surface area contributed by atoms with Crippen molar-refractivity contribution in [1.29, 1.82) is 0 Å². The summed E-state index contributed by atoms with van der Waals surface area (Å²) in [5, 5.41) is 0. The molecule has 0 fully saturated rings. The van der Waals surface area contributed by atoms with Crippen LogP contribution in [0.2, 0.25) is 0 Å². The van der Waals surface area contributed by atoms with Gasteiger partial charge in [0.05, 0.1) is 18.3 Å². The van der Waals surface area contributed by atoms with Crippen molar-refractivity contribution in [1.82, 2.24) is 0 Å². The Morgan fingerprint density at radius 2 is 1.90 bits per heavy atom. The lowest BCUT2D eigenvalue weighted by Gasteiger charge is -2.42. The van der Waals surface area contributed by atoms with Crippen LogP contribution in [0, 0.1) is 5.41 Å². The second-order valence-electron chi connectivity index (χ2n) is 7.66. The third kappa shape index (κ3) is 3.01. The molecule has 2 nitrogen and oxygen atoms in total. The molecule has 2 heteroatoms. The van der Waals surface area contributed by atoms with Gasteiger partial charge in [-0.25, -0.2) is 0 Å². The van der Waals surface area contributed by atoms with Gasteiger partial charge in [0.2, 0.25) is 0 Å². The monoisotopic (exact) mass is 276 g/mol. The van der Waals surface area contributed by atoms with E-state index >= 15 is 0 Å². The molecule has 1 atom stereocenters. The highest BCUT2D eigenvalue weighted by atomic mass is 16.5. The summed E-state index contributed by atoms with van der Waals surface area (Å²) >= 11 is 0. The van der Waals surface area contributed by atoms with Gasteiger partial charge in [0, 0.05) is 5.92 Å². The van der Waals surface area contributed by atoms with E-state index in [0.29, 0.717) is 5.92 Å². The first-order chi connectivity index (χ1) is 9.11. The molecule has 2 rings (SSSR count). The zero-order valence-corrected chi connectivity index (χ0v) is 13.9.